The lowest BCUT2D eigenvalue weighted by Gasteiger charge is -2.18. The van der Waals surface area contributed by atoms with Crippen molar-refractivity contribution in [3.05, 3.63) is 41.6 Å². The molecule has 0 fully saturated rings. The summed E-state index contributed by atoms with van der Waals surface area (Å²) in [5, 5.41) is 4.05. The van der Waals surface area contributed by atoms with Crippen LogP contribution in [-0.2, 0) is 0 Å². The summed E-state index contributed by atoms with van der Waals surface area (Å²) in [5.74, 6) is -0.316. The summed E-state index contributed by atoms with van der Waals surface area (Å²) >= 11 is 5.89. The minimum atomic E-state index is -0.496. The van der Waals surface area contributed by atoms with Crippen LogP contribution >= 0.6 is 11.6 Å². The number of nitrogens with zero attached hydrogens (tertiary/aromatic N) is 3. The first-order chi connectivity index (χ1) is 11.3. The van der Waals surface area contributed by atoms with Crippen LogP contribution in [0.4, 0.5) is 0 Å². The van der Waals surface area contributed by atoms with Gasteiger partial charge in [-0.3, -0.25) is 9.78 Å². The normalized spacial score (nSPS) is 11.7. The molecule has 0 aliphatic rings. The van der Waals surface area contributed by atoms with Gasteiger partial charge in [0.15, 0.2) is 0 Å². The summed E-state index contributed by atoms with van der Waals surface area (Å²) in [5.41, 5.74) is 7.73. The quantitative estimate of drug-likeness (QED) is 0.628. The van der Waals surface area contributed by atoms with Crippen LogP contribution in [0.2, 0.25) is 5.15 Å². The number of H-pyrrole nitrogens is 1. The molecule has 124 valence electrons. The molecule has 0 aliphatic carbocycles. The Hall–Kier alpha value is -2.51. The number of aromatic amines is 1. The van der Waals surface area contributed by atoms with E-state index < -0.39 is 5.54 Å². The Labute approximate surface area is 143 Å². The predicted molar refractivity (Wildman–Crippen MR) is 92.7 cm³/mol. The summed E-state index contributed by atoms with van der Waals surface area (Å²) in [6.45, 7) is 4.01. The van der Waals surface area contributed by atoms with Gasteiger partial charge in [-0.2, -0.15) is 0 Å². The van der Waals surface area contributed by atoms with Gasteiger partial charge in [-0.05, 0) is 26.0 Å². The number of hydrogen-bond acceptors (Lipinski definition) is 5. The molecule has 0 radical (unpaired) electrons. The van der Waals surface area contributed by atoms with Crippen LogP contribution in [0.1, 0.15) is 24.3 Å². The number of amides is 1. The first-order valence-corrected chi connectivity index (χ1v) is 7.73. The maximum atomic E-state index is 12.2. The van der Waals surface area contributed by atoms with E-state index in [-0.39, 0.29) is 11.6 Å². The highest BCUT2D eigenvalue weighted by Crippen LogP contribution is 2.23. The van der Waals surface area contributed by atoms with Gasteiger partial charge in [-0.25, -0.2) is 9.97 Å². The largest absolute Gasteiger partial charge is 0.353 e. The van der Waals surface area contributed by atoms with E-state index in [4.69, 9.17) is 17.3 Å². The van der Waals surface area contributed by atoms with Crippen molar-refractivity contribution in [1.29, 1.82) is 0 Å². The van der Waals surface area contributed by atoms with E-state index in [0.29, 0.717) is 17.4 Å². The van der Waals surface area contributed by atoms with Crippen LogP contribution in [0.5, 0.6) is 0 Å². The fourth-order valence-corrected chi connectivity index (χ4v) is 2.30. The SMILES string of the molecule is CC(C)(N)CNC(=O)c1cncc(-c2cc3cnc(Cl)cc3[nH]2)n1. The molecule has 3 aromatic heterocycles. The number of halogens is 1. The van der Waals surface area contributed by atoms with Gasteiger partial charge in [0.25, 0.3) is 5.91 Å². The third kappa shape index (κ3) is 3.69. The van der Waals surface area contributed by atoms with Crippen LogP contribution < -0.4 is 11.1 Å². The predicted octanol–water partition coefficient (Wildman–Crippen LogP) is 2.14. The molecular weight excluding hydrogens is 328 g/mol. The number of fused-ring (bicyclic) bond motifs is 1. The lowest BCUT2D eigenvalue weighted by atomic mass is 10.1. The molecule has 4 N–H and O–H groups in total. The van der Waals surface area contributed by atoms with Crippen molar-refractivity contribution in [2.24, 2.45) is 5.73 Å². The standard InChI is InChI=1S/C16H17ClN6O/c1-16(2,18)8-21-15(24)13-7-19-6-12(23-13)11-3-9-5-20-14(17)4-10(9)22-11/h3-7,22H,8,18H2,1-2H3,(H,21,24). The Morgan fingerprint density at radius 3 is 2.88 bits per heavy atom. The number of carbonyl (C=O) groups is 1. The van der Waals surface area contributed by atoms with Crippen molar-refractivity contribution < 1.29 is 4.79 Å². The minimum Gasteiger partial charge on any atom is -0.353 e. The third-order valence-electron chi connectivity index (χ3n) is 3.32. The first-order valence-electron chi connectivity index (χ1n) is 7.36. The number of aromatic nitrogens is 4. The van der Waals surface area contributed by atoms with E-state index in [1.807, 2.05) is 19.9 Å². The fraction of sp³-hybridized carbons (Fsp3) is 0.250. The molecule has 0 unspecified atom stereocenters. The van der Waals surface area contributed by atoms with Crippen LogP contribution in [0.25, 0.3) is 22.3 Å². The van der Waals surface area contributed by atoms with Crippen molar-refractivity contribution in [3.63, 3.8) is 0 Å². The molecule has 0 saturated heterocycles. The maximum absolute atomic E-state index is 12.2. The molecule has 0 spiro atoms. The van der Waals surface area contributed by atoms with Gasteiger partial charge >= 0.3 is 0 Å². The molecule has 0 aliphatic heterocycles. The first kappa shape index (κ1) is 16.4. The average Bonchev–Trinajstić information content (AvgIpc) is 2.95. The fourth-order valence-electron chi connectivity index (χ4n) is 2.14. The maximum Gasteiger partial charge on any atom is 0.271 e. The lowest BCUT2D eigenvalue weighted by Crippen LogP contribution is -2.45. The highest BCUT2D eigenvalue weighted by atomic mass is 35.5. The zero-order chi connectivity index (χ0) is 17.3. The highest BCUT2D eigenvalue weighted by Gasteiger charge is 2.15. The summed E-state index contributed by atoms with van der Waals surface area (Å²) in [4.78, 5) is 27.9. The molecule has 7 nitrogen and oxygen atoms in total. The molecule has 1 amide bonds. The second-order valence-corrected chi connectivity index (χ2v) is 6.63. The van der Waals surface area contributed by atoms with E-state index in [9.17, 15) is 4.79 Å². The molecule has 0 atom stereocenters. The third-order valence-corrected chi connectivity index (χ3v) is 3.52. The Morgan fingerprint density at radius 2 is 2.12 bits per heavy atom. The van der Waals surface area contributed by atoms with Crippen LogP contribution in [0.3, 0.4) is 0 Å². The van der Waals surface area contributed by atoms with Crippen molar-refractivity contribution in [2.75, 3.05) is 6.54 Å². The van der Waals surface area contributed by atoms with Crippen molar-refractivity contribution in [2.45, 2.75) is 19.4 Å². The Balaban J connectivity index is 1.87. The summed E-state index contributed by atoms with van der Waals surface area (Å²) < 4.78 is 0. The zero-order valence-corrected chi connectivity index (χ0v) is 14.1. The summed E-state index contributed by atoms with van der Waals surface area (Å²) in [7, 11) is 0. The van der Waals surface area contributed by atoms with Crippen molar-refractivity contribution in [1.82, 2.24) is 25.3 Å². The second kappa shape index (κ2) is 6.18. The summed E-state index contributed by atoms with van der Waals surface area (Å²) in [6.07, 6.45) is 4.68. The highest BCUT2D eigenvalue weighted by molar-refractivity contribution is 6.30. The van der Waals surface area contributed by atoms with Crippen molar-refractivity contribution in [3.8, 4) is 11.4 Å². The van der Waals surface area contributed by atoms with Gasteiger partial charge in [0.1, 0.15) is 16.5 Å². The minimum absolute atomic E-state index is 0.228. The molecular formula is C16H17ClN6O. The average molecular weight is 345 g/mol. The van der Waals surface area contributed by atoms with Crippen LogP contribution in [0.15, 0.2) is 30.7 Å². The van der Waals surface area contributed by atoms with Gasteiger partial charge in [0.05, 0.1) is 23.6 Å². The number of rotatable bonds is 4. The topological polar surface area (TPSA) is 110 Å². The number of nitrogens with one attached hydrogen (secondary N) is 2. The van der Waals surface area contributed by atoms with E-state index in [0.717, 1.165) is 16.6 Å². The number of pyridine rings is 1. The second-order valence-electron chi connectivity index (χ2n) is 6.24. The lowest BCUT2D eigenvalue weighted by molar-refractivity contribution is 0.0940. The van der Waals surface area contributed by atoms with E-state index >= 15 is 0 Å². The molecule has 8 heteroatoms. The molecule has 24 heavy (non-hydrogen) atoms. The Morgan fingerprint density at radius 1 is 1.33 bits per heavy atom. The molecule has 0 aromatic carbocycles. The van der Waals surface area contributed by atoms with E-state index in [1.165, 1.54) is 6.20 Å². The molecule has 3 aromatic rings. The monoisotopic (exact) mass is 344 g/mol. The van der Waals surface area contributed by atoms with Gasteiger partial charge in [-0.15, -0.1) is 0 Å². The van der Waals surface area contributed by atoms with Gasteiger partial charge in [0.2, 0.25) is 0 Å². The Kier molecular flexibility index (Phi) is 4.21. The van der Waals surface area contributed by atoms with Crippen molar-refractivity contribution >= 4 is 28.4 Å². The Bertz CT molecular complexity index is 899. The molecule has 3 rings (SSSR count). The molecule has 3 heterocycles. The number of nitrogens with two attached hydrogens (primary N) is 1. The number of carbonyl (C=O) groups excluding carboxylic acids is 1. The van der Waals surface area contributed by atoms with Gasteiger partial charge in [0, 0.05) is 23.7 Å². The van der Waals surface area contributed by atoms with E-state index in [2.05, 4.69) is 25.3 Å². The van der Waals surface area contributed by atoms with Gasteiger partial charge < -0.3 is 16.0 Å². The van der Waals surface area contributed by atoms with E-state index in [1.54, 1.807) is 18.5 Å². The van der Waals surface area contributed by atoms with Crippen LogP contribution in [0, 0.1) is 0 Å². The summed E-state index contributed by atoms with van der Waals surface area (Å²) in [6, 6.07) is 3.61. The van der Waals surface area contributed by atoms with Crippen LogP contribution in [-0.4, -0.2) is 37.9 Å². The smallest absolute Gasteiger partial charge is 0.271 e. The molecule has 0 bridgehead atoms. The molecule has 0 saturated carbocycles. The zero-order valence-electron chi connectivity index (χ0n) is 13.3. The number of hydrogen-bond donors (Lipinski definition) is 3. The van der Waals surface area contributed by atoms with Gasteiger partial charge in [-0.1, -0.05) is 11.6 Å².